The van der Waals surface area contributed by atoms with Gasteiger partial charge in [0.2, 0.25) is 5.91 Å². The van der Waals surface area contributed by atoms with E-state index < -0.39 is 0 Å². The van der Waals surface area contributed by atoms with Gasteiger partial charge >= 0.3 is 0 Å². The van der Waals surface area contributed by atoms with Gasteiger partial charge in [0, 0.05) is 18.0 Å². The van der Waals surface area contributed by atoms with Gasteiger partial charge in [-0.25, -0.2) is 0 Å². The second-order valence-corrected chi connectivity index (χ2v) is 5.98. The van der Waals surface area contributed by atoms with Crippen molar-refractivity contribution in [3.63, 3.8) is 0 Å². The van der Waals surface area contributed by atoms with Gasteiger partial charge < -0.3 is 10.1 Å². The summed E-state index contributed by atoms with van der Waals surface area (Å²) in [4.78, 5) is 15.8. The molecule has 1 fully saturated rings. The number of amides is 1. The van der Waals surface area contributed by atoms with Crippen molar-refractivity contribution in [2.24, 2.45) is 0 Å². The predicted octanol–water partition coefficient (Wildman–Crippen LogP) is 2.43. The van der Waals surface area contributed by atoms with Gasteiger partial charge in [0.15, 0.2) is 0 Å². The lowest BCUT2D eigenvalue weighted by atomic mass is 10.2. The number of rotatable bonds is 7. The van der Waals surface area contributed by atoms with Gasteiger partial charge in [-0.05, 0) is 37.4 Å². The Labute approximate surface area is 125 Å². The second-order valence-electron chi connectivity index (χ2n) is 5.00. The van der Waals surface area contributed by atoms with Crippen molar-refractivity contribution in [2.45, 2.75) is 38.8 Å². The maximum atomic E-state index is 12.1. The molecule has 1 N–H and O–H groups in total. The Morgan fingerprint density at radius 2 is 2.35 bits per heavy atom. The second kappa shape index (κ2) is 7.76. The molecule has 0 bridgehead atoms. The molecule has 1 aromatic rings. The summed E-state index contributed by atoms with van der Waals surface area (Å²) >= 11 is 1.75. The topological polar surface area (TPSA) is 41.6 Å². The highest BCUT2D eigenvalue weighted by molar-refractivity contribution is 7.10. The summed E-state index contributed by atoms with van der Waals surface area (Å²) < 4.78 is 5.43. The average Bonchev–Trinajstić information content (AvgIpc) is 3.15. The number of nitrogens with one attached hydrogen (secondary N) is 1. The molecular weight excluding hydrogens is 272 g/mol. The molecule has 1 amide bonds. The van der Waals surface area contributed by atoms with E-state index in [0.717, 1.165) is 25.9 Å². The van der Waals surface area contributed by atoms with Gasteiger partial charge in [0.25, 0.3) is 0 Å². The van der Waals surface area contributed by atoms with E-state index in [1.54, 1.807) is 11.3 Å². The van der Waals surface area contributed by atoms with Crippen LogP contribution in [0.4, 0.5) is 0 Å². The van der Waals surface area contributed by atoms with Crippen LogP contribution in [0.15, 0.2) is 17.5 Å². The predicted molar refractivity (Wildman–Crippen MR) is 82.0 cm³/mol. The van der Waals surface area contributed by atoms with Gasteiger partial charge in [-0.2, -0.15) is 0 Å². The SMILES string of the molecule is CCN(CC)C(CNC(=O)C1CCCO1)c1cccs1. The van der Waals surface area contributed by atoms with Crippen LogP contribution in [0.5, 0.6) is 0 Å². The number of thiophene rings is 1. The fraction of sp³-hybridized carbons (Fsp3) is 0.667. The van der Waals surface area contributed by atoms with Crippen LogP contribution in [0, 0.1) is 0 Å². The average molecular weight is 296 g/mol. The van der Waals surface area contributed by atoms with Gasteiger partial charge in [0.1, 0.15) is 6.10 Å². The molecule has 2 rings (SSSR count). The third kappa shape index (κ3) is 3.81. The Bertz CT molecular complexity index is 398. The monoisotopic (exact) mass is 296 g/mol. The smallest absolute Gasteiger partial charge is 0.249 e. The zero-order valence-corrected chi connectivity index (χ0v) is 13.1. The minimum absolute atomic E-state index is 0.0382. The first-order chi connectivity index (χ1) is 9.76. The number of nitrogens with zero attached hydrogens (tertiary/aromatic N) is 1. The third-order valence-corrected chi connectivity index (χ3v) is 4.79. The van der Waals surface area contributed by atoms with E-state index in [1.165, 1.54) is 4.88 Å². The molecule has 0 aromatic carbocycles. The van der Waals surface area contributed by atoms with Crippen LogP contribution in [0.1, 0.15) is 37.6 Å². The molecule has 1 saturated heterocycles. The zero-order valence-electron chi connectivity index (χ0n) is 12.3. The standard InChI is InChI=1S/C15H24N2O2S/c1-3-17(4-2)12(14-8-6-10-20-14)11-16-15(18)13-7-5-9-19-13/h6,8,10,12-13H,3-5,7,9,11H2,1-2H3,(H,16,18). The minimum Gasteiger partial charge on any atom is -0.368 e. The Balaban J connectivity index is 1.95. The maximum absolute atomic E-state index is 12.1. The van der Waals surface area contributed by atoms with E-state index >= 15 is 0 Å². The van der Waals surface area contributed by atoms with Crippen LogP contribution in [-0.4, -0.2) is 43.2 Å². The molecule has 112 valence electrons. The lowest BCUT2D eigenvalue weighted by Crippen LogP contribution is -2.41. The number of hydrogen-bond acceptors (Lipinski definition) is 4. The van der Waals surface area contributed by atoms with E-state index in [0.29, 0.717) is 13.2 Å². The van der Waals surface area contributed by atoms with Gasteiger partial charge in [-0.15, -0.1) is 11.3 Å². The highest BCUT2D eigenvalue weighted by Gasteiger charge is 2.25. The first kappa shape index (κ1) is 15.5. The van der Waals surface area contributed by atoms with Gasteiger partial charge in [0.05, 0.1) is 6.04 Å². The number of likely N-dealkylation sites (N-methyl/N-ethyl adjacent to an activating group) is 1. The van der Waals surface area contributed by atoms with Crippen LogP contribution in [0.2, 0.25) is 0 Å². The quantitative estimate of drug-likeness (QED) is 0.840. The summed E-state index contributed by atoms with van der Waals surface area (Å²) in [5.41, 5.74) is 0. The molecule has 0 radical (unpaired) electrons. The van der Waals surface area contributed by atoms with Crippen LogP contribution in [0.3, 0.4) is 0 Å². The lowest BCUT2D eigenvalue weighted by molar-refractivity contribution is -0.130. The number of hydrogen-bond donors (Lipinski definition) is 1. The first-order valence-electron chi connectivity index (χ1n) is 7.43. The molecule has 1 aliphatic heterocycles. The molecular formula is C15H24N2O2S. The normalized spacial score (nSPS) is 20.2. The zero-order chi connectivity index (χ0) is 14.4. The van der Waals surface area contributed by atoms with Crippen LogP contribution in [0.25, 0.3) is 0 Å². The van der Waals surface area contributed by atoms with Crippen molar-refractivity contribution < 1.29 is 9.53 Å². The van der Waals surface area contributed by atoms with Crippen molar-refractivity contribution in [1.29, 1.82) is 0 Å². The number of ether oxygens (including phenoxy) is 1. The largest absolute Gasteiger partial charge is 0.368 e. The molecule has 2 unspecified atom stereocenters. The fourth-order valence-corrected chi connectivity index (χ4v) is 3.51. The maximum Gasteiger partial charge on any atom is 0.249 e. The summed E-state index contributed by atoms with van der Waals surface area (Å²) in [6.45, 7) is 7.64. The Kier molecular flexibility index (Phi) is 6.01. The van der Waals surface area contributed by atoms with E-state index in [2.05, 4.69) is 41.6 Å². The molecule has 0 spiro atoms. The van der Waals surface area contributed by atoms with Gasteiger partial charge in [-0.3, -0.25) is 9.69 Å². The first-order valence-corrected chi connectivity index (χ1v) is 8.31. The molecule has 0 saturated carbocycles. The number of carbonyl (C=O) groups is 1. The summed E-state index contributed by atoms with van der Waals surface area (Å²) in [5.74, 6) is 0.0382. The third-order valence-electron chi connectivity index (χ3n) is 3.82. The van der Waals surface area contributed by atoms with Crippen molar-refractivity contribution >= 4 is 17.2 Å². The van der Waals surface area contributed by atoms with Gasteiger partial charge in [-0.1, -0.05) is 19.9 Å². The Morgan fingerprint density at radius 3 is 2.90 bits per heavy atom. The summed E-state index contributed by atoms with van der Waals surface area (Å²) in [6, 6.07) is 4.47. The Morgan fingerprint density at radius 1 is 1.55 bits per heavy atom. The Hall–Kier alpha value is -0.910. The summed E-state index contributed by atoms with van der Waals surface area (Å²) in [7, 11) is 0. The molecule has 4 nitrogen and oxygen atoms in total. The van der Waals surface area contributed by atoms with Crippen LogP contribution < -0.4 is 5.32 Å². The number of carbonyl (C=O) groups excluding carboxylic acids is 1. The van der Waals surface area contributed by atoms with Crippen molar-refractivity contribution in [2.75, 3.05) is 26.2 Å². The molecule has 5 heteroatoms. The molecule has 0 aliphatic carbocycles. The molecule has 20 heavy (non-hydrogen) atoms. The van der Waals surface area contributed by atoms with E-state index in [4.69, 9.17) is 4.74 Å². The van der Waals surface area contributed by atoms with E-state index in [1.807, 2.05) is 0 Å². The van der Waals surface area contributed by atoms with E-state index in [9.17, 15) is 4.79 Å². The van der Waals surface area contributed by atoms with Crippen LogP contribution >= 0.6 is 11.3 Å². The molecule has 1 aromatic heterocycles. The highest BCUT2D eigenvalue weighted by atomic mass is 32.1. The van der Waals surface area contributed by atoms with E-state index in [-0.39, 0.29) is 18.1 Å². The van der Waals surface area contributed by atoms with Crippen molar-refractivity contribution in [1.82, 2.24) is 10.2 Å². The summed E-state index contributed by atoms with van der Waals surface area (Å²) in [5, 5.41) is 5.15. The molecule has 2 heterocycles. The fourth-order valence-electron chi connectivity index (χ4n) is 2.65. The lowest BCUT2D eigenvalue weighted by Gasteiger charge is -2.29. The van der Waals surface area contributed by atoms with Crippen molar-refractivity contribution in [3.05, 3.63) is 22.4 Å². The molecule has 1 aliphatic rings. The minimum atomic E-state index is -0.240. The van der Waals surface area contributed by atoms with Crippen molar-refractivity contribution in [3.8, 4) is 0 Å². The highest BCUT2D eigenvalue weighted by Crippen LogP contribution is 2.24. The van der Waals surface area contributed by atoms with Crippen LogP contribution in [-0.2, 0) is 9.53 Å². The molecule has 2 atom stereocenters. The summed E-state index contributed by atoms with van der Waals surface area (Å²) in [6.07, 6.45) is 1.60.